The average molecular weight is 857 g/mol. The number of aromatic nitrogens is 4. The molecule has 1 aliphatic rings. The zero-order valence-corrected chi connectivity index (χ0v) is 32.9. The lowest BCUT2D eigenvalue weighted by molar-refractivity contribution is 0.120. The van der Waals surface area contributed by atoms with Crippen LogP contribution in [-0.4, -0.2) is 144 Å². The number of nitrogens with zero attached hydrogens (tertiary/aromatic N) is 8. The monoisotopic (exact) mass is 856 g/mol. The molecule has 0 atom stereocenters. The fourth-order valence-electron chi connectivity index (χ4n) is 5.94. The normalized spacial score (nSPS) is 16.9. The van der Waals surface area contributed by atoms with Crippen molar-refractivity contribution in [1.29, 1.82) is 0 Å². The number of hydrogen-bond donors (Lipinski definition) is 4. The van der Waals surface area contributed by atoms with Crippen molar-refractivity contribution in [3.05, 3.63) is 96.1 Å². The highest BCUT2D eigenvalue weighted by Crippen LogP contribution is 2.17. The molecule has 0 aliphatic carbocycles. The van der Waals surface area contributed by atoms with Crippen molar-refractivity contribution >= 4 is 40.5 Å². The number of hydrogen-bond acceptors (Lipinski definition) is 16. The molecule has 5 heterocycles. The molecule has 5 rings (SSSR count). The first-order valence-electron chi connectivity index (χ1n) is 16.8. The predicted octanol–water partition coefficient (Wildman–Crippen LogP) is 0.576. The Bertz CT molecular complexity index is 2100. The highest BCUT2D eigenvalue weighted by atomic mass is 32.2. The van der Waals surface area contributed by atoms with E-state index in [1.54, 1.807) is 0 Å². The molecule has 0 saturated carbocycles. The van der Waals surface area contributed by atoms with E-state index >= 15 is 0 Å². The Morgan fingerprint density at radius 1 is 0.375 bits per heavy atom. The van der Waals surface area contributed by atoms with E-state index in [0.29, 0.717) is 75.1 Å². The second-order valence-corrected chi connectivity index (χ2v) is 18.6. The highest BCUT2D eigenvalue weighted by Gasteiger charge is 2.22. The van der Waals surface area contributed by atoms with Gasteiger partial charge in [-0.05, 0) is 48.5 Å². The Labute approximate surface area is 324 Å². The molecule has 304 valence electrons. The molecule has 4 aromatic heterocycles. The molecule has 0 radical (unpaired) electrons. The lowest BCUT2D eigenvalue weighted by Gasteiger charge is -2.34. The van der Waals surface area contributed by atoms with Gasteiger partial charge in [-0.3, -0.25) is 57.7 Å². The molecule has 1 fully saturated rings. The van der Waals surface area contributed by atoms with E-state index in [-0.39, 0.29) is 45.8 Å². The standard InChI is InChI=1S/C32H40N8O12S4/c41-53(42,43)29-1-5-33-25(17-29)21-37-9-11-38(22-26-18-30(2-6-34-26)54(44,45)46)13-15-40(24-28-20-32(4-8-36-28)56(50,51)52)16-14-39(12-10-37)23-27-19-31(3-7-35-27)55(47,48)49/h1-8,17-20H,9-16,21-24H2,(H,41,42,43)(H,44,45,46)(H,47,48,49)(H,50,51,52). The van der Waals surface area contributed by atoms with Gasteiger partial charge in [-0.25, -0.2) is 0 Å². The first-order valence-corrected chi connectivity index (χ1v) is 22.6. The molecular weight excluding hydrogens is 817 g/mol. The molecule has 0 aromatic carbocycles. The van der Waals surface area contributed by atoms with E-state index in [2.05, 4.69) is 19.9 Å². The Kier molecular flexibility index (Phi) is 14.0. The topological polar surface area (TPSA) is 282 Å². The summed E-state index contributed by atoms with van der Waals surface area (Å²) in [6, 6.07) is 9.72. The smallest absolute Gasteiger partial charge is 0.294 e. The SMILES string of the molecule is O=S(=O)(O)c1ccnc(CN2CCN(Cc3cc(S(=O)(=O)O)ccn3)CCN(Cc3cc(S(=O)(=O)O)ccn3)CCN(Cc3cc(S(=O)(=O)O)ccn3)CC2)c1. The summed E-state index contributed by atoms with van der Waals surface area (Å²) in [6.45, 7) is 3.48. The van der Waals surface area contributed by atoms with Gasteiger partial charge in [0.15, 0.2) is 0 Å². The second-order valence-electron chi connectivity index (χ2n) is 12.9. The molecule has 0 amide bonds. The van der Waals surface area contributed by atoms with Gasteiger partial charge in [-0.15, -0.1) is 0 Å². The molecule has 0 bridgehead atoms. The third-order valence-corrected chi connectivity index (χ3v) is 12.2. The summed E-state index contributed by atoms with van der Waals surface area (Å²) >= 11 is 0. The summed E-state index contributed by atoms with van der Waals surface area (Å²) in [5.74, 6) is 0. The first-order chi connectivity index (χ1) is 26.2. The summed E-state index contributed by atoms with van der Waals surface area (Å²) in [7, 11) is -18.1. The Balaban J connectivity index is 1.47. The van der Waals surface area contributed by atoms with Gasteiger partial charge in [0.2, 0.25) is 0 Å². The molecule has 1 saturated heterocycles. The van der Waals surface area contributed by atoms with Crippen LogP contribution in [-0.2, 0) is 66.7 Å². The van der Waals surface area contributed by atoms with Crippen LogP contribution >= 0.6 is 0 Å². The molecule has 4 N–H and O–H groups in total. The van der Waals surface area contributed by atoms with Gasteiger partial charge >= 0.3 is 0 Å². The Morgan fingerprint density at radius 2 is 0.554 bits per heavy atom. The minimum atomic E-state index is -4.51. The highest BCUT2D eigenvalue weighted by molar-refractivity contribution is 7.86. The van der Waals surface area contributed by atoms with Crippen LogP contribution in [0.2, 0.25) is 0 Å². The van der Waals surface area contributed by atoms with Crippen molar-refractivity contribution in [3.8, 4) is 0 Å². The van der Waals surface area contributed by atoms with Crippen LogP contribution in [0.4, 0.5) is 0 Å². The van der Waals surface area contributed by atoms with Crippen LogP contribution in [0.25, 0.3) is 0 Å². The Hall–Kier alpha value is -3.92. The minimum Gasteiger partial charge on any atom is -0.295 e. The fraction of sp³-hybridized carbons (Fsp3) is 0.375. The van der Waals surface area contributed by atoms with Crippen LogP contribution in [0.15, 0.2) is 92.9 Å². The maximum absolute atomic E-state index is 11.9. The van der Waals surface area contributed by atoms with E-state index < -0.39 is 40.5 Å². The molecule has 56 heavy (non-hydrogen) atoms. The van der Waals surface area contributed by atoms with E-state index in [0.717, 1.165) is 0 Å². The van der Waals surface area contributed by atoms with Crippen LogP contribution in [0.5, 0.6) is 0 Å². The molecule has 0 unspecified atom stereocenters. The minimum absolute atomic E-state index is 0.153. The van der Waals surface area contributed by atoms with Gasteiger partial charge in [0, 0.05) is 103 Å². The third-order valence-electron chi connectivity index (χ3n) is 8.82. The third kappa shape index (κ3) is 13.1. The van der Waals surface area contributed by atoms with Gasteiger partial charge < -0.3 is 0 Å². The van der Waals surface area contributed by atoms with Crippen molar-refractivity contribution in [2.45, 2.75) is 45.8 Å². The molecule has 24 heteroatoms. The molecule has 0 spiro atoms. The Morgan fingerprint density at radius 3 is 0.714 bits per heavy atom. The maximum Gasteiger partial charge on any atom is 0.294 e. The van der Waals surface area contributed by atoms with Gasteiger partial charge in [-0.2, -0.15) is 33.7 Å². The van der Waals surface area contributed by atoms with E-state index in [1.807, 2.05) is 19.6 Å². The van der Waals surface area contributed by atoms with Crippen molar-refractivity contribution in [2.24, 2.45) is 0 Å². The zero-order chi connectivity index (χ0) is 40.7. The van der Waals surface area contributed by atoms with Gasteiger partial charge in [-0.1, -0.05) is 0 Å². The summed E-state index contributed by atoms with van der Waals surface area (Å²) < 4.78 is 134. The van der Waals surface area contributed by atoms with E-state index in [9.17, 15) is 51.9 Å². The van der Waals surface area contributed by atoms with Crippen molar-refractivity contribution in [1.82, 2.24) is 39.5 Å². The molecular formula is C32H40N8O12S4. The maximum atomic E-state index is 11.9. The largest absolute Gasteiger partial charge is 0.295 e. The van der Waals surface area contributed by atoms with Crippen LogP contribution < -0.4 is 0 Å². The molecule has 4 aromatic rings. The van der Waals surface area contributed by atoms with E-state index in [4.69, 9.17) is 0 Å². The summed E-state index contributed by atoms with van der Waals surface area (Å²) in [6.07, 6.45) is 5.07. The number of rotatable bonds is 12. The van der Waals surface area contributed by atoms with Crippen LogP contribution in [0, 0.1) is 0 Å². The van der Waals surface area contributed by atoms with Crippen LogP contribution in [0.3, 0.4) is 0 Å². The van der Waals surface area contributed by atoms with Gasteiger partial charge in [0.05, 0.1) is 42.4 Å². The van der Waals surface area contributed by atoms with E-state index in [1.165, 1.54) is 73.3 Å². The zero-order valence-electron chi connectivity index (χ0n) is 29.7. The van der Waals surface area contributed by atoms with Crippen molar-refractivity contribution in [2.75, 3.05) is 52.4 Å². The summed E-state index contributed by atoms with van der Waals surface area (Å²) in [5.41, 5.74) is 1.39. The van der Waals surface area contributed by atoms with Gasteiger partial charge in [0.25, 0.3) is 40.5 Å². The lowest BCUT2D eigenvalue weighted by Crippen LogP contribution is -2.45. The first kappa shape index (κ1) is 43.2. The van der Waals surface area contributed by atoms with Crippen molar-refractivity contribution in [3.63, 3.8) is 0 Å². The van der Waals surface area contributed by atoms with Gasteiger partial charge in [0.1, 0.15) is 0 Å². The molecule has 20 nitrogen and oxygen atoms in total. The summed E-state index contributed by atoms with van der Waals surface area (Å²) in [5, 5.41) is 0. The molecule has 1 aliphatic heterocycles. The predicted molar refractivity (Wildman–Crippen MR) is 197 cm³/mol. The summed E-state index contributed by atoms with van der Waals surface area (Å²) in [4.78, 5) is 23.8. The quantitative estimate of drug-likeness (QED) is 0.142. The van der Waals surface area contributed by atoms with Crippen molar-refractivity contribution < 1.29 is 51.9 Å². The second kappa shape index (κ2) is 18.1. The average Bonchev–Trinajstić information content (AvgIpc) is 3.11. The number of pyridine rings is 4. The lowest BCUT2D eigenvalue weighted by atomic mass is 10.2. The van der Waals surface area contributed by atoms with Crippen LogP contribution in [0.1, 0.15) is 22.8 Å². The fourth-order valence-corrected chi connectivity index (χ4v) is 8.01.